The molecule has 7 heteroatoms. The molecule has 1 heterocycles. The molecule has 1 aliphatic carbocycles. The third-order valence-electron chi connectivity index (χ3n) is 4.77. The van der Waals surface area contributed by atoms with Gasteiger partial charge in [0.2, 0.25) is 0 Å². The summed E-state index contributed by atoms with van der Waals surface area (Å²) in [5.74, 6) is 0.970. The zero-order valence-corrected chi connectivity index (χ0v) is 16.7. The van der Waals surface area contributed by atoms with Crippen LogP contribution in [-0.2, 0) is 4.74 Å². The molecule has 7 nitrogen and oxygen atoms in total. The largest absolute Gasteiger partial charge is 0.459 e. The first-order valence-corrected chi connectivity index (χ1v) is 10.1. The fraction of sp³-hybridized carbons (Fsp3) is 0.700. The van der Waals surface area contributed by atoms with Crippen LogP contribution in [0.5, 0.6) is 0 Å². The fourth-order valence-electron chi connectivity index (χ4n) is 3.21. The monoisotopic (exact) mass is 378 g/mol. The predicted molar refractivity (Wildman–Crippen MR) is 107 cm³/mol. The van der Waals surface area contributed by atoms with E-state index in [2.05, 4.69) is 20.9 Å². The van der Waals surface area contributed by atoms with Gasteiger partial charge in [-0.3, -0.25) is 9.79 Å². The molecule has 1 fully saturated rings. The lowest BCUT2D eigenvalue weighted by Gasteiger charge is -2.16. The Morgan fingerprint density at radius 1 is 1.15 bits per heavy atom. The van der Waals surface area contributed by atoms with E-state index in [1.165, 1.54) is 44.8 Å². The highest BCUT2D eigenvalue weighted by molar-refractivity contribution is 5.92. The van der Waals surface area contributed by atoms with E-state index in [-0.39, 0.29) is 5.91 Å². The minimum atomic E-state index is -0.171. The van der Waals surface area contributed by atoms with Crippen LogP contribution in [0.3, 0.4) is 0 Å². The Bertz CT molecular complexity index is 578. The van der Waals surface area contributed by atoms with Crippen LogP contribution in [0.15, 0.2) is 21.7 Å². The Morgan fingerprint density at radius 2 is 1.85 bits per heavy atom. The van der Waals surface area contributed by atoms with Crippen LogP contribution in [0.4, 0.5) is 0 Å². The molecule has 152 valence electrons. The minimum Gasteiger partial charge on any atom is -0.459 e. The number of guanidine groups is 1. The maximum Gasteiger partial charge on any atom is 0.287 e. The molecule has 0 bridgehead atoms. The quantitative estimate of drug-likeness (QED) is 0.266. The Balaban J connectivity index is 1.51. The molecule has 27 heavy (non-hydrogen) atoms. The fourth-order valence-corrected chi connectivity index (χ4v) is 3.21. The van der Waals surface area contributed by atoms with Crippen molar-refractivity contribution in [2.45, 2.75) is 58.0 Å². The van der Waals surface area contributed by atoms with Crippen molar-refractivity contribution < 1.29 is 13.9 Å². The smallest absolute Gasteiger partial charge is 0.287 e. The summed E-state index contributed by atoms with van der Waals surface area (Å²) in [6, 6.07) is 1.78. The summed E-state index contributed by atoms with van der Waals surface area (Å²) in [6.45, 7) is 4.60. The molecule has 1 saturated carbocycles. The number of aliphatic imine (C=N–C) groups is 1. The first kappa shape index (κ1) is 21.3. The highest BCUT2D eigenvalue weighted by Gasteiger charge is 2.12. The second kappa shape index (κ2) is 12.4. The van der Waals surface area contributed by atoms with Gasteiger partial charge in [0.15, 0.2) is 11.7 Å². The standard InChI is InChI=1S/C20H34N4O3/c1-16-10-14-27-18(16)19(25)22-11-7-12-23-20(21-2)24-13-15-26-17-8-5-3-4-6-9-17/h10,14,17H,3-9,11-13,15H2,1-2H3,(H,22,25)(H2,21,23,24). The van der Waals surface area contributed by atoms with Crippen LogP contribution >= 0.6 is 0 Å². The van der Waals surface area contributed by atoms with Crippen molar-refractivity contribution in [2.75, 3.05) is 33.3 Å². The van der Waals surface area contributed by atoms with Gasteiger partial charge in [-0.1, -0.05) is 25.7 Å². The van der Waals surface area contributed by atoms with Crippen LogP contribution in [0.1, 0.15) is 61.1 Å². The summed E-state index contributed by atoms with van der Waals surface area (Å²) >= 11 is 0. The zero-order valence-electron chi connectivity index (χ0n) is 16.7. The van der Waals surface area contributed by atoms with Gasteiger partial charge in [0, 0.05) is 32.2 Å². The maximum atomic E-state index is 11.9. The van der Waals surface area contributed by atoms with Gasteiger partial charge in [-0.25, -0.2) is 0 Å². The van der Waals surface area contributed by atoms with Crippen LogP contribution in [0.25, 0.3) is 0 Å². The lowest BCUT2D eigenvalue weighted by Crippen LogP contribution is -2.40. The topological polar surface area (TPSA) is 87.9 Å². The van der Waals surface area contributed by atoms with Crippen molar-refractivity contribution >= 4 is 11.9 Å². The minimum absolute atomic E-state index is 0.171. The van der Waals surface area contributed by atoms with Gasteiger partial charge in [-0.2, -0.15) is 0 Å². The van der Waals surface area contributed by atoms with E-state index >= 15 is 0 Å². The van der Waals surface area contributed by atoms with Gasteiger partial charge < -0.3 is 25.1 Å². The van der Waals surface area contributed by atoms with Gasteiger partial charge in [-0.05, 0) is 32.3 Å². The zero-order chi connectivity index (χ0) is 19.3. The van der Waals surface area contributed by atoms with Crippen molar-refractivity contribution in [1.82, 2.24) is 16.0 Å². The third kappa shape index (κ3) is 8.03. The summed E-state index contributed by atoms with van der Waals surface area (Å²) in [5.41, 5.74) is 0.848. The Labute approximate surface area is 162 Å². The maximum absolute atomic E-state index is 11.9. The summed E-state index contributed by atoms with van der Waals surface area (Å²) < 4.78 is 11.1. The van der Waals surface area contributed by atoms with E-state index in [0.717, 1.165) is 31.0 Å². The van der Waals surface area contributed by atoms with Crippen molar-refractivity contribution in [3.63, 3.8) is 0 Å². The van der Waals surface area contributed by atoms with Crippen LogP contribution in [0, 0.1) is 6.92 Å². The molecule has 0 saturated heterocycles. The van der Waals surface area contributed by atoms with E-state index in [4.69, 9.17) is 9.15 Å². The second-order valence-corrected chi connectivity index (χ2v) is 6.95. The first-order chi connectivity index (χ1) is 13.2. The van der Waals surface area contributed by atoms with E-state index in [1.807, 2.05) is 6.92 Å². The van der Waals surface area contributed by atoms with E-state index in [9.17, 15) is 4.79 Å². The number of nitrogens with zero attached hydrogens (tertiary/aromatic N) is 1. The molecule has 0 aliphatic heterocycles. The van der Waals surface area contributed by atoms with Crippen molar-refractivity contribution in [1.29, 1.82) is 0 Å². The first-order valence-electron chi connectivity index (χ1n) is 10.1. The normalized spacial score (nSPS) is 16.0. The molecular formula is C20H34N4O3. The number of nitrogens with one attached hydrogen (secondary N) is 3. The van der Waals surface area contributed by atoms with Crippen molar-refractivity contribution in [3.8, 4) is 0 Å². The molecule has 3 N–H and O–H groups in total. The SMILES string of the molecule is CN=C(NCCCNC(=O)c1occc1C)NCCOC1CCCCCC1. The molecule has 0 unspecified atom stereocenters. The van der Waals surface area contributed by atoms with Gasteiger partial charge in [0.1, 0.15) is 0 Å². The number of rotatable bonds is 9. The van der Waals surface area contributed by atoms with Gasteiger partial charge in [0.25, 0.3) is 5.91 Å². The number of amides is 1. The number of furan rings is 1. The molecular weight excluding hydrogens is 344 g/mol. The van der Waals surface area contributed by atoms with Gasteiger partial charge >= 0.3 is 0 Å². The number of carbonyl (C=O) groups is 1. The average Bonchev–Trinajstić information content (AvgIpc) is 2.94. The predicted octanol–water partition coefficient (Wildman–Crippen LogP) is 2.61. The number of carbonyl (C=O) groups excluding carboxylic acids is 1. The Hall–Kier alpha value is -2.02. The molecule has 1 aromatic heterocycles. The molecule has 1 amide bonds. The van der Waals surface area contributed by atoms with E-state index in [0.29, 0.717) is 25.0 Å². The number of aryl methyl sites for hydroxylation is 1. The number of hydrogen-bond donors (Lipinski definition) is 3. The number of ether oxygens (including phenoxy) is 1. The van der Waals surface area contributed by atoms with E-state index in [1.54, 1.807) is 13.1 Å². The lowest BCUT2D eigenvalue weighted by atomic mass is 10.1. The highest BCUT2D eigenvalue weighted by Crippen LogP contribution is 2.19. The molecule has 0 radical (unpaired) electrons. The van der Waals surface area contributed by atoms with E-state index < -0.39 is 0 Å². The number of hydrogen-bond acceptors (Lipinski definition) is 4. The highest BCUT2D eigenvalue weighted by atomic mass is 16.5. The molecule has 2 rings (SSSR count). The summed E-state index contributed by atoms with van der Waals surface area (Å²) in [7, 11) is 1.75. The molecule has 1 aromatic rings. The molecule has 0 aromatic carbocycles. The van der Waals surface area contributed by atoms with Crippen molar-refractivity contribution in [3.05, 3.63) is 23.7 Å². The molecule has 0 spiro atoms. The molecule has 0 atom stereocenters. The second-order valence-electron chi connectivity index (χ2n) is 6.95. The Kier molecular flexibility index (Phi) is 9.76. The van der Waals surface area contributed by atoms with Crippen molar-refractivity contribution in [2.24, 2.45) is 4.99 Å². The Morgan fingerprint density at radius 3 is 2.52 bits per heavy atom. The van der Waals surface area contributed by atoms with Crippen LogP contribution in [0.2, 0.25) is 0 Å². The summed E-state index contributed by atoms with van der Waals surface area (Å²) in [4.78, 5) is 16.1. The third-order valence-corrected chi connectivity index (χ3v) is 4.77. The van der Waals surface area contributed by atoms with Crippen LogP contribution < -0.4 is 16.0 Å². The van der Waals surface area contributed by atoms with Gasteiger partial charge in [0.05, 0.1) is 19.0 Å². The lowest BCUT2D eigenvalue weighted by molar-refractivity contribution is 0.0468. The van der Waals surface area contributed by atoms with Crippen LogP contribution in [-0.4, -0.2) is 51.3 Å². The molecule has 1 aliphatic rings. The average molecular weight is 379 g/mol. The summed E-state index contributed by atoms with van der Waals surface area (Å²) in [6.07, 6.45) is 10.4. The summed E-state index contributed by atoms with van der Waals surface area (Å²) in [5, 5.41) is 9.37. The van der Waals surface area contributed by atoms with Gasteiger partial charge in [-0.15, -0.1) is 0 Å².